The maximum absolute atomic E-state index is 13.0. The molecule has 4 unspecified atom stereocenters. The van der Waals surface area contributed by atoms with Gasteiger partial charge in [0.1, 0.15) is 12.2 Å². The first-order chi connectivity index (χ1) is 17.8. The van der Waals surface area contributed by atoms with Gasteiger partial charge in [-0.25, -0.2) is 4.79 Å². The van der Waals surface area contributed by atoms with E-state index in [4.69, 9.17) is 9.47 Å². The Kier molecular flexibility index (Phi) is 5.46. The summed E-state index contributed by atoms with van der Waals surface area (Å²) in [5.74, 6) is 1.38. The molecular formula is C33H37O3S+. The fourth-order valence-electron chi connectivity index (χ4n) is 8.21. The number of carbonyl (C=O) groups is 1. The Morgan fingerprint density at radius 3 is 2.35 bits per heavy atom. The predicted octanol–water partition coefficient (Wildman–Crippen LogP) is 8.47. The van der Waals surface area contributed by atoms with Gasteiger partial charge in [-0.1, -0.05) is 31.2 Å². The van der Waals surface area contributed by atoms with Crippen molar-refractivity contribution in [2.45, 2.75) is 71.0 Å². The lowest BCUT2D eigenvalue weighted by molar-refractivity contribution is -0.202. The van der Waals surface area contributed by atoms with Crippen molar-refractivity contribution in [1.82, 2.24) is 0 Å². The molecule has 0 aliphatic heterocycles. The van der Waals surface area contributed by atoms with Gasteiger partial charge in [-0.3, -0.25) is 0 Å². The fraction of sp³-hybridized carbons (Fsp3) is 0.485. The van der Waals surface area contributed by atoms with Crippen molar-refractivity contribution in [3.8, 4) is 0 Å². The minimum absolute atomic E-state index is 0.0254. The Morgan fingerprint density at radius 2 is 1.68 bits per heavy atom. The number of hydrogen-bond donors (Lipinski definition) is 0. The van der Waals surface area contributed by atoms with E-state index >= 15 is 0 Å². The van der Waals surface area contributed by atoms with Crippen LogP contribution in [0.15, 0.2) is 66.3 Å². The van der Waals surface area contributed by atoms with E-state index in [2.05, 4.69) is 81.5 Å². The summed E-state index contributed by atoms with van der Waals surface area (Å²) >= 11 is 0. The average Bonchev–Trinajstić information content (AvgIpc) is 3.20. The number of benzene rings is 2. The number of thiophene rings is 1. The molecule has 0 N–H and O–H groups in total. The zero-order valence-electron chi connectivity index (χ0n) is 22.2. The highest BCUT2D eigenvalue weighted by Crippen LogP contribution is 2.66. The maximum Gasteiger partial charge on any atom is 0.332 e. The monoisotopic (exact) mass is 513 g/mol. The molecule has 8 rings (SSSR count). The number of hydrogen-bond acceptors (Lipinski definition) is 3. The summed E-state index contributed by atoms with van der Waals surface area (Å²) in [6.45, 7) is 6.55. The first-order valence-electron chi connectivity index (χ1n) is 14.0. The van der Waals surface area contributed by atoms with Crippen molar-refractivity contribution >= 4 is 41.5 Å². The molecule has 4 atom stereocenters. The predicted molar refractivity (Wildman–Crippen MR) is 152 cm³/mol. The topological polar surface area (TPSA) is 35.5 Å². The molecule has 3 aromatic rings. The fourth-order valence-corrected chi connectivity index (χ4v) is 10.8. The zero-order chi connectivity index (χ0) is 25.4. The Labute approximate surface area is 222 Å². The largest absolute Gasteiger partial charge is 0.457 e. The molecule has 2 aromatic carbocycles. The Bertz CT molecular complexity index is 1400. The van der Waals surface area contributed by atoms with Crippen molar-refractivity contribution in [3.63, 3.8) is 0 Å². The third-order valence-corrected chi connectivity index (χ3v) is 12.3. The van der Waals surface area contributed by atoms with Gasteiger partial charge < -0.3 is 9.47 Å². The minimum atomic E-state index is -0.316. The van der Waals surface area contributed by atoms with Gasteiger partial charge in [-0.15, -0.1) is 0 Å². The molecule has 5 aliphatic rings. The molecule has 1 heterocycles. The van der Waals surface area contributed by atoms with E-state index in [1.165, 1.54) is 62.8 Å². The van der Waals surface area contributed by atoms with E-state index in [1.807, 2.05) is 0 Å². The van der Waals surface area contributed by atoms with Gasteiger partial charge in [0.15, 0.2) is 14.3 Å². The minimum Gasteiger partial charge on any atom is -0.457 e. The lowest BCUT2D eigenvalue weighted by Crippen LogP contribution is -2.57. The van der Waals surface area contributed by atoms with Crippen LogP contribution in [-0.4, -0.2) is 24.3 Å². The molecule has 192 valence electrons. The summed E-state index contributed by atoms with van der Waals surface area (Å²) in [6, 6.07) is 17.6. The molecule has 3 nitrogen and oxygen atoms in total. The molecule has 0 amide bonds. The Hall–Kier alpha value is -2.43. The lowest BCUT2D eigenvalue weighted by Gasteiger charge is -2.62. The second-order valence-electron chi connectivity index (χ2n) is 12.5. The molecule has 4 heteroatoms. The van der Waals surface area contributed by atoms with Crippen molar-refractivity contribution in [3.05, 3.63) is 66.3 Å². The van der Waals surface area contributed by atoms with Crippen LogP contribution in [0.3, 0.4) is 0 Å². The van der Waals surface area contributed by atoms with Crippen molar-refractivity contribution < 1.29 is 14.3 Å². The SMILES string of the molecule is CC1=CC([s+]2c3ccccc3c3ccccc32)=CC(C)C1OCC(=O)OC1(C)CCC23CC(CC1C2)C3. The van der Waals surface area contributed by atoms with E-state index in [9.17, 15) is 4.79 Å². The molecule has 5 aliphatic carbocycles. The molecule has 1 aromatic heterocycles. The van der Waals surface area contributed by atoms with E-state index in [0.717, 1.165) is 12.3 Å². The van der Waals surface area contributed by atoms with E-state index < -0.39 is 0 Å². The number of fused-ring (bicyclic) bond motifs is 3. The van der Waals surface area contributed by atoms with Crippen LogP contribution in [0.4, 0.5) is 0 Å². The van der Waals surface area contributed by atoms with Gasteiger partial charge in [0.05, 0.1) is 6.10 Å². The van der Waals surface area contributed by atoms with Gasteiger partial charge in [0.2, 0.25) is 0 Å². The average molecular weight is 514 g/mol. The molecule has 1 spiro atoms. The zero-order valence-corrected chi connectivity index (χ0v) is 23.0. The number of rotatable bonds is 5. The first kappa shape index (κ1) is 23.7. The Morgan fingerprint density at radius 1 is 1.00 bits per heavy atom. The third kappa shape index (κ3) is 3.82. The van der Waals surface area contributed by atoms with Crippen LogP contribution < -0.4 is 0 Å². The van der Waals surface area contributed by atoms with Gasteiger partial charge in [0, 0.05) is 27.2 Å². The highest BCUT2D eigenvalue weighted by molar-refractivity contribution is 7.54. The summed E-state index contributed by atoms with van der Waals surface area (Å²) in [7, 11) is -0.108. The highest BCUT2D eigenvalue weighted by atomic mass is 32.2. The standard InChI is InChI=1S/C33H37O3S/c1-21-14-25(37-28-10-6-4-8-26(28)27-9-5-7-11-29(27)37)15-22(2)31(21)35-20-30(34)36-32(3)12-13-33-17-23(18-33)16-24(32)19-33/h4-11,14-15,21,23-24,31H,12-13,16-20H2,1-3H3/q+1. The Balaban J connectivity index is 1.07. The summed E-state index contributed by atoms with van der Waals surface area (Å²) < 4.78 is 15.2. The van der Waals surface area contributed by atoms with Crippen LogP contribution in [0, 0.1) is 23.2 Å². The number of carbonyl (C=O) groups excluding carboxylic acids is 1. The van der Waals surface area contributed by atoms with Crippen molar-refractivity contribution in [1.29, 1.82) is 0 Å². The van der Waals surface area contributed by atoms with Crippen LogP contribution in [-0.2, 0) is 14.3 Å². The van der Waals surface area contributed by atoms with Gasteiger partial charge in [0.25, 0.3) is 0 Å². The van der Waals surface area contributed by atoms with E-state index in [0.29, 0.717) is 11.3 Å². The molecule has 0 radical (unpaired) electrons. The summed E-state index contributed by atoms with van der Waals surface area (Å²) in [6.07, 6.45) is 12.1. The smallest absolute Gasteiger partial charge is 0.332 e. The normalized spacial score (nSPS) is 34.6. The number of esters is 1. The molecule has 0 saturated heterocycles. The van der Waals surface area contributed by atoms with Crippen LogP contribution in [0.25, 0.3) is 25.1 Å². The molecular weight excluding hydrogens is 476 g/mol. The number of allylic oxidation sites excluding steroid dienone is 2. The van der Waals surface area contributed by atoms with Gasteiger partial charge in [-0.05, 0) is 112 Å². The van der Waals surface area contributed by atoms with Crippen LogP contribution in [0.2, 0.25) is 0 Å². The van der Waals surface area contributed by atoms with Crippen molar-refractivity contribution in [2.24, 2.45) is 23.2 Å². The summed E-state index contributed by atoms with van der Waals surface area (Å²) in [5, 5.41) is 2.69. The highest BCUT2D eigenvalue weighted by Gasteiger charge is 2.59. The van der Waals surface area contributed by atoms with Gasteiger partial charge >= 0.3 is 5.97 Å². The third-order valence-electron chi connectivity index (χ3n) is 9.95. The quantitative estimate of drug-likeness (QED) is 0.253. The lowest BCUT2D eigenvalue weighted by atomic mass is 9.44. The van der Waals surface area contributed by atoms with Crippen LogP contribution in [0.5, 0.6) is 0 Å². The van der Waals surface area contributed by atoms with Gasteiger partial charge in [-0.2, -0.15) is 0 Å². The van der Waals surface area contributed by atoms with Crippen LogP contribution in [0.1, 0.15) is 59.3 Å². The van der Waals surface area contributed by atoms with E-state index in [1.54, 1.807) is 0 Å². The first-order valence-corrected chi connectivity index (χ1v) is 15.2. The van der Waals surface area contributed by atoms with Crippen molar-refractivity contribution in [2.75, 3.05) is 6.61 Å². The second kappa shape index (κ2) is 8.54. The van der Waals surface area contributed by atoms with Crippen LogP contribution >= 0.6 is 10.5 Å². The second-order valence-corrected chi connectivity index (χ2v) is 14.5. The number of ether oxygens (including phenoxy) is 2. The molecule has 37 heavy (non-hydrogen) atoms. The molecule has 3 bridgehead atoms. The van der Waals surface area contributed by atoms with E-state index in [-0.39, 0.29) is 40.7 Å². The summed E-state index contributed by atoms with van der Waals surface area (Å²) in [4.78, 5) is 14.3. The summed E-state index contributed by atoms with van der Waals surface area (Å²) in [5.41, 5.74) is 1.45. The maximum atomic E-state index is 13.0. The molecule has 4 saturated carbocycles. The molecule has 4 fully saturated rings.